The molecule has 0 bridgehead atoms. The fourth-order valence-electron chi connectivity index (χ4n) is 3.87. The molecule has 0 aliphatic carbocycles. The smallest absolute Gasteiger partial charge is 0.282 e. The lowest BCUT2D eigenvalue weighted by Gasteiger charge is -2.27. The molecule has 2 atom stereocenters. The molecule has 3 heterocycles. The van der Waals surface area contributed by atoms with Gasteiger partial charge in [-0.2, -0.15) is 4.98 Å². The molecule has 1 aliphatic rings. The average Bonchev–Trinajstić information content (AvgIpc) is 3.35. The summed E-state index contributed by atoms with van der Waals surface area (Å²) in [4.78, 5) is 10.9. The van der Waals surface area contributed by atoms with Gasteiger partial charge in [0.15, 0.2) is 6.54 Å². The number of rotatable bonds is 4. The Kier molecular flexibility index (Phi) is 4.84. The van der Waals surface area contributed by atoms with Gasteiger partial charge in [0.25, 0.3) is 5.89 Å². The molecule has 2 aromatic carbocycles. The Morgan fingerprint density at radius 3 is 2.96 bits per heavy atom. The van der Waals surface area contributed by atoms with E-state index in [1.165, 1.54) is 27.4 Å². The van der Waals surface area contributed by atoms with Crippen molar-refractivity contribution in [1.82, 2.24) is 15.1 Å². The van der Waals surface area contributed by atoms with Crippen molar-refractivity contribution in [3.63, 3.8) is 0 Å². The van der Waals surface area contributed by atoms with Crippen LogP contribution in [0.15, 0.2) is 53.1 Å². The number of nitrogens with one attached hydrogen (secondary N) is 1. The number of hydrogen-bond donors (Lipinski definition) is 1. The molecule has 0 amide bonds. The van der Waals surface area contributed by atoms with E-state index < -0.39 is 0 Å². The lowest BCUT2D eigenvalue weighted by Crippen LogP contribution is -3.12. The van der Waals surface area contributed by atoms with Gasteiger partial charge in [-0.05, 0) is 37.1 Å². The van der Waals surface area contributed by atoms with Crippen molar-refractivity contribution in [2.45, 2.75) is 25.3 Å². The van der Waals surface area contributed by atoms with Crippen LogP contribution in [0.4, 0.5) is 0 Å². The minimum Gasteiger partial charge on any atom is -0.333 e. The lowest BCUT2D eigenvalue weighted by molar-refractivity contribution is -0.921. The molecule has 1 unspecified atom stereocenters. The van der Waals surface area contributed by atoms with Gasteiger partial charge in [0.1, 0.15) is 5.01 Å². The van der Waals surface area contributed by atoms with Gasteiger partial charge in [0.05, 0.1) is 29.2 Å². The maximum atomic E-state index is 6.07. The van der Waals surface area contributed by atoms with Gasteiger partial charge in [-0.3, -0.25) is 0 Å². The first-order valence-corrected chi connectivity index (χ1v) is 10.7. The van der Waals surface area contributed by atoms with Crippen LogP contribution in [0.3, 0.4) is 0 Å². The third kappa shape index (κ3) is 3.68. The summed E-state index contributed by atoms with van der Waals surface area (Å²) in [5, 5.41) is 6.05. The van der Waals surface area contributed by atoms with E-state index in [0.717, 1.165) is 30.7 Å². The molecular formula is C21H20ClN4OS+. The van der Waals surface area contributed by atoms with Crippen molar-refractivity contribution in [1.29, 1.82) is 0 Å². The number of para-hydroxylation sites is 1. The molecule has 142 valence electrons. The average molecular weight is 412 g/mol. The Hall–Kier alpha value is -2.28. The molecule has 2 aromatic heterocycles. The van der Waals surface area contributed by atoms with Crippen LogP contribution in [0, 0.1) is 0 Å². The van der Waals surface area contributed by atoms with E-state index in [0.29, 0.717) is 22.7 Å². The molecule has 0 saturated carbocycles. The number of piperidine rings is 1. The summed E-state index contributed by atoms with van der Waals surface area (Å²) in [6.07, 6.45) is 2.38. The van der Waals surface area contributed by atoms with Crippen LogP contribution in [0.5, 0.6) is 0 Å². The van der Waals surface area contributed by atoms with E-state index in [1.54, 1.807) is 0 Å². The van der Waals surface area contributed by atoms with Crippen molar-refractivity contribution in [3.8, 4) is 11.4 Å². The van der Waals surface area contributed by atoms with Crippen molar-refractivity contribution in [3.05, 3.63) is 64.5 Å². The SMILES string of the molecule is Clc1cccc(-c2noc(C[NH+]3CCC[C@@H](c4nc5ccccc5s4)C3)n2)c1. The zero-order valence-electron chi connectivity index (χ0n) is 15.3. The Bertz CT molecular complexity index is 1080. The monoisotopic (exact) mass is 411 g/mol. The first kappa shape index (κ1) is 17.8. The van der Waals surface area contributed by atoms with Crippen LogP contribution in [-0.4, -0.2) is 28.2 Å². The van der Waals surface area contributed by atoms with Gasteiger partial charge in [-0.25, -0.2) is 4.98 Å². The molecule has 4 aromatic rings. The fraction of sp³-hybridized carbons (Fsp3) is 0.286. The maximum absolute atomic E-state index is 6.07. The number of likely N-dealkylation sites (tertiary alicyclic amines) is 1. The summed E-state index contributed by atoms with van der Waals surface area (Å²) in [7, 11) is 0. The lowest BCUT2D eigenvalue weighted by atomic mass is 9.99. The molecular weight excluding hydrogens is 392 g/mol. The molecule has 0 spiro atoms. The molecule has 28 heavy (non-hydrogen) atoms. The van der Waals surface area contributed by atoms with Gasteiger partial charge >= 0.3 is 0 Å². The second-order valence-corrected chi connectivity index (χ2v) is 8.76. The first-order valence-electron chi connectivity index (χ1n) is 9.52. The van der Waals surface area contributed by atoms with Gasteiger partial charge in [-0.15, -0.1) is 11.3 Å². The summed E-state index contributed by atoms with van der Waals surface area (Å²) in [5.74, 6) is 1.77. The number of halogens is 1. The number of quaternary nitrogens is 1. The normalized spacial score (nSPS) is 19.9. The Morgan fingerprint density at radius 1 is 1.14 bits per heavy atom. The van der Waals surface area contributed by atoms with Crippen LogP contribution >= 0.6 is 22.9 Å². The van der Waals surface area contributed by atoms with Gasteiger partial charge in [-0.1, -0.05) is 41.0 Å². The van der Waals surface area contributed by atoms with E-state index in [-0.39, 0.29) is 0 Å². The van der Waals surface area contributed by atoms with Crippen molar-refractivity contribution in [2.24, 2.45) is 0 Å². The summed E-state index contributed by atoms with van der Waals surface area (Å²) in [5.41, 5.74) is 1.99. The molecule has 1 aliphatic heterocycles. The highest BCUT2D eigenvalue weighted by molar-refractivity contribution is 7.18. The van der Waals surface area contributed by atoms with Crippen molar-refractivity contribution in [2.75, 3.05) is 13.1 Å². The standard InChI is InChI=1S/C21H19ClN4OS/c22-16-7-3-5-14(11-16)20-24-19(27-25-20)13-26-10-4-6-15(12-26)21-23-17-8-1-2-9-18(17)28-21/h1-3,5,7-9,11,15H,4,6,10,12-13H2/p+1/t15-/m1/s1. The zero-order valence-corrected chi connectivity index (χ0v) is 16.8. The molecule has 1 fully saturated rings. The number of aromatic nitrogens is 3. The Balaban J connectivity index is 1.29. The summed E-state index contributed by atoms with van der Waals surface area (Å²) < 4.78 is 6.78. The fourth-order valence-corrected chi connectivity index (χ4v) is 5.16. The van der Waals surface area contributed by atoms with E-state index in [9.17, 15) is 0 Å². The highest BCUT2D eigenvalue weighted by Crippen LogP contribution is 2.30. The van der Waals surface area contributed by atoms with Crippen molar-refractivity contribution >= 4 is 33.2 Å². The quantitative estimate of drug-likeness (QED) is 0.552. The number of thiazole rings is 1. The Labute approximate surface area is 172 Å². The number of nitrogens with zero attached hydrogens (tertiary/aromatic N) is 3. The highest BCUT2D eigenvalue weighted by Gasteiger charge is 2.28. The predicted octanol–water partition coefficient (Wildman–Crippen LogP) is 3.96. The topological polar surface area (TPSA) is 56.2 Å². The first-order chi connectivity index (χ1) is 13.7. The van der Waals surface area contributed by atoms with Crippen LogP contribution in [0.25, 0.3) is 21.6 Å². The van der Waals surface area contributed by atoms with Crippen LogP contribution in [0.1, 0.15) is 29.7 Å². The second kappa shape index (κ2) is 7.62. The van der Waals surface area contributed by atoms with E-state index in [4.69, 9.17) is 21.1 Å². The second-order valence-electron chi connectivity index (χ2n) is 7.26. The minimum atomic E-state index is 0.497. The largest absolute Gasteiger partial charge is 0.333 e. The highest BCUT2D eigenvalue weighted by atomic mass is 35.5. The van der Waals surface area contributed by atoms with Gasteiger partial charge in [0.2, 0.25) is 5.82 Å². The van der Waals surface area contributed by atoms with E-state index >= 15 is 0 Å². The predicted molar refractivity (Wildman–Crippen MR) is 111 cm³/mol. The summed E-state index contributed by atoms with van der Waals surface area (Å²) in [6.45, 7) is 2.92. The van der Waals surface area contributed by atoms with Crippen LogP contribution in [-0.2, 0) is 6.54 Å². The molecule has 1 saturated heterocycles. The molecule has 0 radical (unpaired) electrons. The number of fused-ring (bicyclic) bond motifs is 1. The minimum absolute atomic E-state index is 0.497. The molecule has 5 nitrogen and oxygen atoms in total. The molecule has 7 heteroatoms. The summed E-state index contributed by atoms with van der Waals surface area (Å²) >= 11 is 7.89. The van der Waals surface area contributed by atoms with E-state index in [1.807, 2.05) is 35.6 Å². The zero-order chi connectivity index (χ0) is 18.9. The van der Waals surface area contributed by atoms with E-state index in [2.05, 4.69) is 34.4 Å². The molecule has 1 N–H and O–H groups in total. The third-order valence-electron chi connectivity index (χ3n) is 5.23. The third-order valence-corrected chi connectivity index (χ3v) is 6.66. The van der Waals surface area contributed by atoms with Crippen molar-refractivity contribution < 1.29 is 9.42 Å². The van der Waals surface area contributed by atoms with Gasteiger partial charge in [0, 0.05) is 10.6 Å². The van der Waals surface area contributed by atoms with Crippen LogP contribution in [0.2, 0.25) is 5.02 Å². The van der Waals surface area contributed by atoms with Crippen LogP contribution < -0.4 is 4.90 Å². The number of hydrogen-bond acceptors (Lipinski definition) is 5. The number of benzene rings is 2. The van der Waals surface area contributed by atoms with Gasteiger partial charge < -0.3 is 9.42 Å². The summed E-state index contributed by atoms with van der Waals surface area (Å²) in [6, 6.07) is 15.9. The maximum Gasteiger partial charge on any atom is 0.282 e. The molecule has 5 rings (SSSR count). The Morgan fingerprint density at radius 2 is 2.07 bits per heavy atom.